The van der Waals surface area contributed by atoms with E-state index in [9.17, 15) is 13.2 Å². The predicted octanol–water partition coefficient (Wildman–Crippen LogP) is -0.311. The molecule has 0 radical (unpaired) electrons. The highest BCUT2D eigenvalue weighted by Crippen LogP contribution is 2.29. The van der Waals surface area contributed by atoms with E-state index in [1.165, 1.54) is 0 Å². The zero-order chi connectivity index (χ0) is 13.9. The largest absolute Gasteiger partial charge is 0.333 e. The van der Waals surface area contributed by atoms with Crippen LogP contribution in [0.3, 0.4) is 0 Å². The molecule has 1 aliphatic heterocycles. The van der Waals surface area contributed by atoms with Crippen LogP contribution in [0.2, 0.25) is 0 Å². The third kappa shape index (κ3) is 3.71. The molecule has 1 aromatic heterocycles. The van der Waals surface area contributed by atoms with Crippen molar-refractivity contribution in [2.75, 3.05) is 19.3 Å². The highest BCUT2D eigenvalue weighted by molar-refractivity contribution is 7.88. The van der Waals surface area contributed by atoms with Gasteiger partial charge in [0.15, 0.2) is 0 Å². The summed E-state index contributed by atoms with van der Waals surface area (Å²) >= 11 is 0. The minimum atomic E-state index is -3.36. The number of likely N-dealkylation sites (tertiary alicyclic amines) is 1. The summed E-state index contributed by atoms with van der Waals surface area (Å²) in [4.78, 5) is 21.9. The molecule has 0 aliphatic carbocycles. The summed E-state index contributed by atoms with van der Waals surface area (Å²) in [5.74, 6) is -0.237. The average Bonchev–Trinajstić information content (AvgIpc) is 2.85. The van der Waals surface area contributed by atoms with Crippen molar-refractivity contribution in [3.63, 3.8) is 0 Å². The van der Waals surface area contributed by atoms with Gasteiger partial charge in [-0.3, -0.25) is 14.8 Å². The fourth-order valence-electron chi connectivity index (χ4n) is 2.15. The molecule has 1 N–H and O–H groups in total. The van der Waals surface area contributed by atoms with Gasteiger partial charge in [0.05, 0.1) is 30.7 Å². The van der Waals surface area contributed by atoms with Crippen LogP contribution in [-0.2, 0) is 14.8 Å². The normalized spacial score (nSPS) is 19.6. The van der Waals surface area contributed by atoms with Crippen LogP contribution in [0.15, 0.2) is 18.6 Å². The smallest absolute Gasteiger partial charge is 0.238 e. The lowest BCUT2D eigenvalue weighted by molar-refractivity contribution is -0.130. The van der Waals surface area contributed by atoms with Gasteiger partial charge in [-0.1, -0.05) is 0 Å². The number of rotatable bonds is 4. The second kappa shape index (κ2) is 5.62. The summed E-state index contributed by atoms with van der Waals surface area (Å²) in [5.41, 5.74) is 0.743. The standard InChI is InChI=1S/C11H16N4O3S/c1-19(17,18)14-8-11(16)15-6-2-3-10(15)9-7-12-4-5-13-9/h4-5,7,10,14H,2-3,6,8H2,1H3/t10-/m1/s1. The predicted molar refractivity (Wildman–Crippen MR) is 68.6 cm³/mol. The van der Waals surface area contributed by atoms with E-state index >= 15 is 0 Å². The Labute approximate surface area is 112 Å². The summed E-state index contributed by atoms with van der Waals surface area (Å²) < 4.78 is 24.2. The van der Waals surface area contributed by atoms with Gasteiger partial charge < -0.3 is 4.90 Å². The maximum absolute atomic E-state index is 12.0. The fourth-order valence-corrected chi connectivity index (χ4v) is 2.54. The van der Waals surface area contributed by atoms with Crippen molar-refractivity contribution in [3.8, 4) is 0 Å². The molecular weight excluding hydrogens is 268 g/mol. The molecule has 2 heterocycles. The Morgan fingerprint density at radius 2 is 2.32 bits per heavy atom. The summed E-state index contributed by atoms with van der Waals surface area (Å²) in [5, 5.41) is 0. The summed E-state index contributed by atoms with van der Waals surface area (Å²) in [7, 11) is -3.36. The highest BCUT2D eigenvalue weighted by Gasteiger charge is 2.30. The molecule has 1 amide bonds. The number of amides is 1. The van der Waals surface area contributed by atoms with Gasteiger partial charge in [0, 0.05) is 18.9 Å². The molecule has 0 unspecified atom stereocenters. The van der Waals surface area contributed by atoms with Crippen LogP contribution in [0.1, 0.15) is 24.6 Å². The van der Waals surface area contributed by atoms with E-state index in [2.05, 4.69) is 14.7 Å². The SMILES string of the molecule is CS(=O)(=O)NCC(=O)N1CCC[C@@H]1c1cnccn1. The Kier molecular flexibility index (Phi) is 4.11. The molecule has 19 heavy (non-hydrogen) atoms. The molecule has 0 saturated carbocycles. The Hall–Kier alpha value is -1.54. The summed E-state index contributed by atoms with van der Waals surface area (Å²) in [6.45, 7) is 0.404. The van der Waals surface area contributed by atoms with Gasteiger partial charge in [-0.15, -0.1) is 0 Å². The zero-order valence-corrected chi connectivity index (χ0v) is 11.4. The van der Waals surface area contributed by atoms with Gasteiger partial charge in [-0.2, -0.15) is 0 Å². The minimum Gasteiger partial charge on any atom is -0.333 e. The van der Waals surface area contributed by atoms with Crippen molar-refractivity contribution in [1.29, 1.82) is 0 Å². The molecule has 0 spiro atoms. The van der Waals surface area contributed by atoms with Crippen LogP contribution in [0.5, 0.6) is 0 Å². The van der Waals surface area contributed by atoms with Gasteiger partial charge in [0.25, 0.3) is 0 Å². The number of sulfonamides is 1. The first-order valence-corrected chi connectivity index (χ1v) is 7.86. The lowest BCUT2D eigenvalue weighted by Crippen LogP contribution is -2.39. The molecular formula is C11H16N4O3S. The Morgan fingerprint density at radius 3 is 2.95 bits per heavy atom. The second-order valence-corrected chi connectivity index (χ2v) is 6.30. The monoisotopic (exact) mass is 284 g/mol. The third-order valence-corrected chi connectivity index (χ3v) is 3.65. The number of carbonyl (C=O) groups is 1. The van der Waals surface area contributed by atoms with E-state index in [1.54, 1.807) is 23.5 Å². The van der Waals surface area contributed by atoms with E-state index < -0.39 is 10.0 Å². The molecule has 1 fully saturated rings. The van der Waals surface area contributed by atoms with E-state index in [1.807, 2.05) is 0 Å². The molecule has 1 atom stereocenters. The van der Waals surface area contributed by atoms with Gasteiger partial charge >= 0.3 is 0 Å². The first-order chi connectivity index (χ1) is 8.97. The first kappa shape index (κ1) is 13.9. The first-order valence-electron chi connectivity index (χ1n) is 5.97. The van der Waals surface area contributed by atoms with Crippen LogP contribution in [-0.4, -0.2) is 48.5 Å². The molecule has 1 aliphatic rings. The maximum Gasteiger partial charge on any atom is 0.238 e. The van der Waals surface area contributed by atoms with E-state index in [4.69, 9.17) is 0 Å². The van der Waals surface area contributed by atoms with Gasteiger partial charge in [0.1, 0.15) is 0 Å². The van der Waals surface area contributed by atoms with Gasteiger partial charge in [0.2, 0.25) is 15.9 Å². The van der Waals surface area contributed by atoms with Crippen molar-refractivity contribution >= 4 is 15.9 Å². The number of hydrogen-bond acceptors (Lipinski definition) is 5. The van der Waals surface area contributed by atoms with Crippen molar-refractivity contribution < 1.29 is 13.2 Å². The third-order valence-electron chi connectivity index (χ3n) is 2.98. The molecule has 104 valence electrons. The van der Waals surface area contributed by atoms with Crippen LogP contribution in [0, 0.1) is 0 Å². The van der Waals surface area contributed by atoms with Crippen molar-refractivity contribution in [1.82, 2.24) is 19.6 Å². The van der Waals surface area contributed by atoms with Crippen LogP contribution in [0.4, 0.5) is 0 Å². The molecule has 8 heteroatoms. The number of nitrogens with one attached hydrogen (secondary N) is 1. The quantitative estimate of drug-likeness (QED) is 0.818. The van der Waals surface area contributed by atoms with E-state index in [0.29, 0.717) is 6.54 Å². The summed E-state index contributed by atoms with van der Waals surface area (Å²) in [6.07, 6.45) is 7.54. The molecule has 1 aromatic rings. The second-order valence-electron chi connectivity index (χ2n) is 4.47. The van der Waals surface area contributed by atoms with E-state index in [-0.39, 0.29) is 18.5 Å². The number of nitrogens with zero attached hydrogens (tertiary/aromatic N) is 3. The fraction of sp³-hybridized carbons (Fsp3) is 0.545. The Balaban J connectivity index is 2.05. The molecule has 7 nitrogen and oxygen atoms in total. The Morgan fingerprint density at radius 1 is 1.53 bits per heavy atom. The van der Waals surface area contributed by atoms with Crippen LogP contribution >= 0.6 is 0 Å². The average molecular weight is 284 g/mol. The molecule has 0 aromatic carbocycles. The number of carbonyl (C=O) groups excluding carboxylic acids is 1. The van der Waals surface area contributed by atoms with Crippen molar-refractivity contribution in [2.45, 2.75) is 18.9 Å². The summed E-state index contributed by atoms with van der Waals surface area (Å²) in [6, 6.07) is -0.109. The molecule has 0 bridgehead atoms. The molecule has 1 saturated heterocycles. The lowest BCUT2D eigenvalue weighted by Gasteiger charge is -2.24. The highest BCUT2D eigenvalue weighted by atomic mass is 32.2. The van der Waals surface area contributed by atoms with Crippen molar-refractivity contribution in [3.05, 3.63) is 24.3 Å². The van der Waals surface area contributed by atoms with Crippen LogP contribution < -0.4 is 4.72 Å². The zero-order valence-electron chi connectivity index (χ0n) is 10.6. The lowest BCUT2D eigenvalue weighted by atomic mass is 10.1. The molecule has 2 rings (SSSR count). The number of aromatic nitrogens is 2. The Bertz CT molecular complexity index is 546. The van der Waals surface area contributed by atoms with Gasteiger partial charge in [-0.25, -0.2) is 13.1 Å². The van der Waals surface area contributed by atoms with Gasteiger partial charge in [-0.05, 0) is 12.8 Å². The van der Waals surface area contributed by atoms with Crippen LogP contribution in [0.25, 0.3) is 0 Å². The topological polar surface area (TPSA) is 92.3 Å². The number of hydrogen-bond donors (Lipinski definition) is 1. The van der Waals surface area contributed by atoms with E-state index in [0.717, 1.165) is 24.8 Å². The minimum absolute atomic E-state index is 0.109. The van der Waals surface area contributed by atoms with Crippen molar-refractivity contribution in [2.24, 2.45) is 0 Å². The maximum atomic E-state index is 12.0.